The predicted octanol–water partition coefficient (Wildman–Crippen LogP) is 0.619. The molecule has 0 bridgehead atoms. The molecule has 3 nitrogen and oxygen atoms in total. The van der Waals surface area contributed by atoms with E-state index in [2.05, 4.69) is 28.8 Å². The first-order valence-corrected chi connectivity index (χ1v) is 5.42. The summed E-state index contributed by atoms with van der Waals surface area (Å²) in [6.45, 7) is 2.42. The van der Waals surface area contributed by atoms with E-state index in [0.717, 1.165) is 13.1 Å². The van der Waals surface area contributed by atoms with E-state index in [-0.39, 0.29) is 11.8 Å². The van der Waals surface area contributed by atoms with Gasteiger partial charge in [0.1, 0.15) is 0 Å². The second-order valence-corrected chi connectivity index (χ2v) is 4.29. The Hall–Kier alpha value is -1.35. The maximum Gasteiger partial charge on any atom is 0.225 e. The summed E-state index contributed by atoms with van der Waals surface area (Å²) in [6.07, 6.45) is 0. The summed E-state index contributed by atoms with van der Waals surface area (Å²) < 4.78 is 0. The van der Waals surface area contributed by atoms with Crippen LogP contribution >= 0.6 is 0 Å². The summed E-state index contributed by atoms with van der Waals surface area (Å²) in [5.74, 6) is 0.679. The van der Waals surface area contributed by atoms with Crippen molar-refractivity contribution >= 4 is 5.91 Å². The lowest BCUT2D eigenvalue weighted by Gasteiger charge is -2.15. The molecule has 2 aliphatic rings. The Kier molecular flexibility index (Phi) is 1.99. The SMILES string of the molecule is O=C1NCc2ccccc2C2CNCC12. The molecule has 15 heavy (non-hydrogen) atoms. The number of rotatable bonds is 0. The van der Waals surface area contributed by atoms with E-state index in [1.807, 2.05) is 6.07 Å². The Labute approximate surface area is 88.9 Å². The Bertz CT molecular complexity index is 402. The van der Waals surface area contributed by atoms with Gasteiger partial charge in [-0.2, -0.15) is 0 Å². The molecule has 1 aromatic rings. The zero-order valence-corrected chi connectivity index (χ0v) is 8.49. The van der Waals surface area contributed by atoms with E-state index in [1.165, 1.54) is 11.1 Å². The number of fused-ring (bicyclic) bond motifs is 3. The Morgan fingerprint density at radius 2 is 1.93 bits per heavy atom. The smallest absolute Gasteiger partial charge is 0.225 e. The minimum atomic E-state index is 0.119. The van der Waals surface area contributed by atoms with E-state index >= 15 is 0 Å². The van der Waals surface area contributed by atoms with Crippen molar-refractivity contribution in [3.8, 4) is 0 Å². The van der Waals surface area contributed by atoms with Crippen LogP contribution in [0.4, 0.5) is 0 Å². The predicted molar refractivity (Wildman–Crippen MR) is 57.4 cm³/mol. The molecular weight excluding hydrogens is 188 g/mol. The molecule has 2 unspecified atom stereocenters. The van der Waals surface area contributed by atoms with Crippen molar-refractivity contribution in [3.63, 3.8) is 0 Å². The molecule has 1 amide bonds. The third-order valence-corrected chi connectivity index (χ3v) is 3.46. The second kappa shape index (κ2) is 3.35. The number of carbonyl (C=O) groups is 1. The van der Waals surface area contributed by atoms with Crippen molar-refractivity contribution in [1.82, 2.24) is 10.6 Å². The van der Waals surface area contributed by atoms with Crippen LogP contribution in [-0.4, -0.2) is 19.0 Å². The normalized spacial score (nSPS) is 28.9. The molecule has 2 heterocycles. The molecule has 2 aliphatic heterocycles. The Balaban J connectivity index is 2.08. The van der Waals surface area contributed by atoms with Crippen LogP contribution in [0.25, 0.3) is 0 Å². The molecule has 1 saturated heterocycles. The molecule has 78 valence electrons. The first-order chi connectivity index (χ1) is 7.36. The zero-order chi connectivity index (χ0) is 10.3. The summed E-state index contributed by atoms with van der Waals surface area (Å²) >= 11 is 0. The summed E-state index contributed by atoms with van der Waals surface area (Å²) in [4.78, 5) is 11.8. The number of hydrogen-bond acceptors (Lipinski definition) is 2. The summed E-state index contributed by atoms with van der Waals surface area (Å²) in [5.41, 5.74) is 2.60. The highest BCUT2D eigenvalue weighted by Gasteiger charge is 2.36. The lowest BCUT2D eigenvalue weighted by atomic mass is 9.87. The van der Waals surface area contributed by atoms with Crippen molar-refractivity contribution < 1.29 is 4.79 Å². The van der Waals surface area contributed by atoms with Gasteiger partial charge in [-0.25, -0.2) is 0 Å². The fourth-order valence-corrected chi connectivity index (χ4v) is 2.65. The fraction of sp³-hybridized carbons (Fsp3) is 0.417. The molecule has 3 rings (SSSR count). The third kappa shape index (κ3) is 1.35. The first kappa shape index (κ1) is 8.92. The number of carbonyl (C=O) groups excluding carboxylic acids is 1. The van der Waals surface area contributed by atoms with E-state index in [9.17, 15) is 4.79 Å². The van der Waals surface area contributed by atoms with E-state index in [1.54, 1.807) is 0 Å². The monoisotopic (exact) mass is 202 g/mol. The van der Waals surface area contributed by atoms with Crippen molar-refractivity contribution in [2.45, 2.75) is 12.5 Å². The van der Waals surface area contributed by atoms with E-state index < -0.39 is 0 Å². The minimum absolute atomic E-state index is 0.119. The lowest BCUT2D eigenvalue weighted by Crippen LogP contribution is -2.31. The average molecular weight is 202 g/mol. The van der Waals surface area contributed by atoms with Gasteiger partial charge in [0.2, 0.25) is 5.91 Å². The number of hydrogen-bond donors (Lipinski definition) is 2. The minimum Gasteiger partial charge on any atom is -0.352 e. The molecule has 0 aliphatic carbocycles. The zero-order valence-electron chi connectivity index (χ0n) is 8.49. The quantitative estimate of drug-likeness (QED) is 0.647. The maximum absolute atomic E-state index is 11.8. The van der Waals surface area contributed by atoms with Gasteiger partial charge in [0, 0.05) is 25.6 Å². The van der Waals surface area contributed by atoms with Crippen molar-refractivity contribution in [2.24, 2.45) is 5.92 Å². The van der Waals surface area contributed by atoms with Gasteiger partial charge in [0.05, 0.1) is 5.92 Å². The number of nitrogens with one attached hydrogen (secondary N) is 2. The van der Waals surface area contributed by atoms with Crippen molar-refractivity contribution in [2.75, 3.05) is 13.1 Å². The molecule has 1 fully saturated rings. The van der Waals surface area contributed by atoms with E-state index in [4.69, 9.17) is 0 Å². The third-order valence-electron chi connectivity index (χ3n) is 3.46. The van der Waals surface area contributed by atoms with Crippen LogP contribution in [0.5, 0.6) is 0 Å². The molecule has 1 aromatic carbocycles. The topological polar surface area (TPSA) is 41.1 Å². The molecular formula is C12H14N2O. The molecule has 0 radical (unpaired) electrons. The van der Waals surface area contributed by atoms with Gasteiger partial charge in [-0.15, -0.1) is 0 Å². The maximum atomic E-state index is 11.8. The average Bonchev–Trinajstić information content (AvgIpc) is 2.71. The van der Waals surface area contributed by atoms with E-state index in [0.29, 0.717) is 12.5 Å². The van der Waals surface area contributed by atoms with Crippen molar-refractivity contribution in [1.29, 1.82) is 0 Å². The second-order valence-electron chi connectivity index (χ2n) is 4.29. The standard InChI is InChI=1S/C12H14N2O/c15-12-11-7-13-6-10(11)9-4-2-1-3-8(9)5-14-12/h1-4,10-11,13H,5-7H2,(H,14,15). The molecule has 3 heteroatoms. The van der Waals surface area contributed by atoms with Gasteiger partial charge >= 0.3 is 0 Å². The molecule has 0 saturated carbocycles. The van der Waals surface area contributed by atoms with Crippen LogP contribution in [-0.2, 0) is 11.3 Å². The van der Waals surface area contributed by atoms with Gasteiger partial charge in [-0.1, -0.05) is 24.3 Å². The highest BCUT2D eigenvalue weighted by Crippen LogP contribution is 2.32. The van der Waals surface area contributed by atoms with Crippen LogP contribution in [0.3, 0.4) is 0 Å². The first-order valence-electron chi connectivity index (χ1n) is 5.42. The van der Waals surface area contributed by atoms with Crippen LogP contribution in [0.15, 0.2) is 24.3 Å². The molecule has 2 N–H and O–H groups in total. The largest absolute Gasteiger partial charge is 0.352 e. The van der Waals surface area contributed by atoms with Gasteiger partial charge in [0.25, 0.3) is 0 Å². The van der Waals surface area contributed by atoms with Gasteiger partial charge < -0.3 is 10.6 Å². The van der Waals surface area contributed by atoms with Crippen molar-refractivity contribution in [3.05, 3.63) is 35.4 Å². The Morgan fingerprint density at radius 3 is 2.87 bits per heavy atom. The molecule has 0 spiro atoms. The highest BCUT2D eigenvalue weighted by atomic mass is 16.1. The number of amides is 1. The van der Waals surface area contributed by atoms with Gasteiger partial charge in [-0.3, -0.25) is 4.79 Å². The van der Waals surface area contributed by atoms with Crippen LogP contribution < -0.4 is 10.6 Å². The van der Waals surface area contributed by atoms with Crippen LogP contribution in [0, 0.1) is 5.92 Å². The van der Waals surface area contributed by atoms with Crippen LogP contribution in [0.2, 0.25) is 0 Å². The van der Waals surface area contributed by atoms with Gasteiger partial charge in [0.15, 0.2) is 0 Å². The van der Waals surface area contributed by atoms with Gasteiger partial charge in [-0.05, 0) is 11.1 Å². The Morgan fingerprint density at radius 1 is 1.13 bits per heavy atom. The highest BCUT2D eigenvalue weighted by molar-refractivity contribution is 5.81. The fourth-order valence-electron chi connectivity index (χ4n) is 2.65. The summed E-state index contributed by atoms with van der Waals surface area (Å²) in [5, 5.41) is 6.30. The number of benzene rings is 1. The van der Waals surface area contributed by atoms with Crippen LogP contribution in [0.1, 0.15) is 17.0 Å². The lowest BCUT2D eigenvalue weighted by molar-refractivity contribution is -0.124. The molecule has 2 atom stereocenters. The molecule has 0 aromatic heterocycles. The summed E-state index contributed by atoms with van der Waals surface area (Å²) in [7, 11) is 0. The summed E-state index contributed by atoms with van der Waals surface area (Å²) in [6, 6.07) is 8.36.